The van der Waals surface area contributed by atoms with Gasteiger partial charge >= 0.3 is 0 Å². The Hall–Kier alpha value is -3.26. The molecule has 3 aromatic rings. The van der Waals surface area contributed by atoms with Gasteiger partial charge in [-0.3, -0.25) is 4.79 Å². The van der Waals surface area contributed by atoms with Gasteiger partial charge in [-0.25, -0.2) is 4.98 Å². The molecular weight excluding hydrogens is 360 g/mol. The molecule has 3 rings (SSSR count). The Bertz CT molecular complexity index is 907. The second-order valence-electron chi connectivity index (χ2n) is 6.27. The first-order valence-corrected chi connectivity index (χ1v) is 8.89. The van der Waals surface area contributed by atoms with Gasteiger partial charge in [-0.2, -0.15) is 4.98 Å². The van der Waals surface area contributed by atoms with E-state index in [4.69, 9.17) is 14.0 Å². The molecule has 1 N–H and O–H groups in total. The lowest BCUT2D eigenvalue weighted by Gasteiger charge is -2.07. The van der Waals surface area contributed by atoms with Crippen molar-refractivity contribution in [2.45, 2.75) is 32.8 Å². The van der Waals surface area contributed by atoms with E-state index in [-0.39, 0.29) is 18.4 Å². The number of aromatic nitrogens is 3. The van der Waals surface area contributed by atoms with Crippen LogP contribution in [0.4, 0.5) is 5.69 Å². The van der Waals surface area contributed by atoms with E-state index in [1.807, 2.05) is 38.1 Å². The van der Waals surface area contributed by atoms with Crippen LogP contribution in [0.25, 0.3) is 0 Å². The maximum absolute atomic E-state index is 12.1. The summed E-state index contributed by atoms with van der Waals surface area (Å²) >= 11 is 0. The molecule has 146 valence electrons. The van der Waals surface area contributed by atoms with Crippen molar-refractivity contribution in [1.82, 2.24) is 15.1 Å². The number of ether oxygens (including phenoxy) is 2. The number of hydrogen-bond acceptors (Lipinski definition) is 7. The molecule has 28 heavy (non-hydrogen) atoms. The summed E-state index contributed by atoms with van der Waals surface area (Å²) in [5.41, 5.74) is 1.74. The van der Waals surface area contributed by atoms with E-state index in [9.17, 15) is 4.79 Å². The largest absolute Gasteiger partial charge is 0.439 e. The summed E-state index contributed by atoms with van der Waals surface area (Å²) in [4.78, 5) is 20.5. The van der Waals surface area contributed by atoms with Gasteiger partial charge in [0, 0.05) is 26.0 Å². The van der Waals surface area contributed by atoms with E-state index in [1.165, 1.54) is 0 Å². The third-order valence-corrected chi connectivity index (χ3v) is 4.03. The summed E-state index contributed by atoms with van der Waals surface area (Å²) in [6.45, 7) is 3.83. The summed E-state index contributed by atoms with van der Waals surface area (Å²) in [5, 5.41) is 6.61. The number of anilines is 1. The van der Waals surface area contributed by atoms with E-state index in [0.717, 1.165) is 5.56 Å². The number of nitrogens with one attached hydrogen (secondary N) is 1. The van der Waals surface area contributed by atoms with Crippen LogP contribution < -0.4 is 10.1 Å². The van der Waals surface area contributed by atoms with E-state index in [1.54, 1.807) is 25.4 Å². The molecule has 2 aromatic heterocycles. The molecule has 0 aliphatic heterocycles. The number of aryl methyl sites for hydroxylation is 2. The zero-order valence-electron chi connectivity index (χ0n) is 16.0. The van der Waals surface area contributed by atoms with Gasteiger partial charge in [0.25, 0.3) is 0 Å². The predicted octanol–water partition coefficient (Wildman–Crippen LogP) is 3.84. The highest BCUT2D eigenvalue weighted by molar-refractivity contribution is 5.90. The minimum absolute atomic E-state index is 0.173. The summed E-state index contributed by atoms with van der Waals surface area (Å²) in [7, 11) is 1.57. The first-order valence-electron chi connectivity index (χ1n) is 8.89. The van der Waals surface area contributed by atoms with E-state index in [0.29, 0.717) is 35.5 Å². The third kappa shape index (κ3) is 5.37. The number of hydrogen-bond donors (Lipinski definition) is 1. The molecule has 0 aliphatic rings. The molecule has 1 atom stereocenters. The predicted molar refractivity (Wildman–Crippen MR) is 102 cm³/mol. The van der Waals surface area contributed by atoms with Crippen molar-refractivity contribution in [2.24, 2.45) is 0 Å². The molecule has 0 unspecified atom stereocenters. The Balaban J connectivity index is 1.48. The average Bonchev–Trinajstić information content (AvgIpc) is 3.18. The second kappa shape index (κ2) is 9.09. The quantitative estimate of drug-likeness (QED) is 0.632. The number of rotatable bonds is 8. The molecule has 2 heterocycles. The Kier molecular flexibility index (Phi) is 6.33. The first kappa shape index (κ1) is 19.5. The van der Waals surface area contributed by atoms with Gasteiger partial charge in [0.05, 0.1) is 11.9 Å². The van der Waals surface area contributed by atoms with Crippen LogP contribution in [0.15, 0.2) is 47.1 Å². The van der Waals surface area contributed by atoms with Crippen molar-refractivity contribution in [3.8, 4) is 11.6 Å². The summed E-state index contributed by atoms with van der Waals surface area (Å²) in [6.07, 6.45) is 1.85. The van der Waals surface area contributed by atoms with Gasteiger partial charge in [0.2, 0.25) is 17.7 Å². The monoisotopic (exact) mass is 382 g/mol. The van der Waals surface area contributed by atoms with Crippen LogP contribution in [0.5, 0.6) is 11.6 Å². The highest BCUT2D eigenvalue weighted by Crippen LogP contribution is 2.21. The molecule has 0 spiro atoms. The third-order valence-electron chi connectivity index (χ3n) is 4.03. The zero-order valence-corrected chi connectivity index (χ0v) is 16.0. The van der Waals surface area contributed by atoms with Crippen LogP contribution in [-0.2, 0) is 16.0 Å². The van der Waals surface area contributed by atoms with Gasteiger partial charge in [-0.05, 0) is 32.0 Å². The van der Waals surface area contributed by atoms with Crippen LogP contribution in [0, 0.1) is 6.92 Å². The van der Waals surface area contributed by atoms with Gasteiger partial charge in [-0.15, -0.1) is 0 Å². The summed E-state index contributed by atoms with van der Waals surface area (Å²) in [5.74, 6) is 1.85. The minimum Gasteiger partial charge on any atom is -0.439 e. The van der Waals surface area contributed by atoms with Gasteiger partial charge < -0.3 is 19.3 Å². The number of nitrogens with zero attached hydrogens (tertiary/aromatic N) is 3. The van der Waals surface area contributed by atoms with E-state index < -0.39 is 0 Å². The molecule has 1 amide bonds. The minimum atomic E-state index is -0.252. The normalized spacial score (nSPS) is 11.8. The fourth-order valence-corrected chi connectivity index (χ4v) is 2.33. The second-order valence-corrected chi connectivity index (χ2v) is 6.27. The lowest BCUT2D eigenvalue weighted by Crippen LogP contribution is -2.12. The maximum atomic E-state index is 12.1. The smallest absolute Gasteiger partial charge is 0.227 e. The Labute approximate surface area is 162 Å². The van der Waals surface area contributed by atoms with Crippen LogP contribution in [0.3, 0.4) is 0 Å². The van der Waals surface area contributed by atoms with Gasteiger partial charge in [-0.1, -0.05) is 22.9 Å². The highest BCUT2D eigenvalue weighted by atomic mass is 16.5. The maximum Gasteiger partial charge on any atom is 0.227 e. The van der Waals surface area contributed by atoms with Crippen molar-refractivity contribution in [2.75, 3.05) is 12.4 Å². The van der Waals surface area contributed by atoms with Gasteiger partial charge in [0.1, 0.15) is 11.9 Å². The topological polar surface area (TPSA) is 99.4 Å². The summed E-state index contributed by atoms with van der Waals surface area (Å²) in [6, 6.07) is 11.1. The Morgan fingerprint density at radius 1 is 1.21 bits per heavy atom. The molecule has 0 fully saturated rings. The fraction of sp³-hybridized carbons (Fsp3) is 0.300. The highest BCUT2D eigenvalue weighted by Gasteiger charge is 2.14. The van der Waals surface area contributed by atoms with E-state index >= 15 is 0 Å². The molecular formula is C20H22N4O4. The van der Waals surface area contributed by atoms with Crippen LogP contribution in [-0.4, -0.2) is 28.1 Å². The standard InChI is InChI=1S/C20H22N4O4/c1-13-4-7-16(8-5-13)27-18-10-6-15(12-21-18)22-17(25)9-11-19-23-20(24-28-19)14(2)26-3/h4-8,10,12,14H,9,11H2,1-3H3,(H,22,25)/t14-/m1/s1. The van der Waals surface area contributed by atoms with E-state index in [2.05, 4.69) is 20.4 Å². The SMILES string of the molecule is CO[C@H](C)c1noc(CCC(=O)Nc2ccc(Oc3ccc(C)cc3)nc2)n1. The number of pyridine rings is 1. The van der Waals surface area contributed by atoms with Crippen LogP contribution in [0.1, 0.15) is 36.7 Å². The Morgan fingerprint density at radius 2 is 2.00 bits per heavy atom. The Morgan fingerprint density at radius 3 is 2.68 bits per heavy atom. The summed E-state index contributed by atoms with van der Waals surface area (Å²) < 4.78 is 15.9. The van der Waals surface area contributed by atoms with Crippen LogP contribution in [0.2, 0.25) is 0 Å². The molecule has 0 aliphatic carbocycles. The van der Waals surface area contributed by atoms with Crippen molar-refractivity contribution >= 4 is 11.6 Å². The number of carbonyl (C=O) groups is 1. The van der Waals surface area contributed by atoms with Crippen molar-refractivity contribution in [3.05, 3.63) is 59.9 Å². The average molecular weight is 382 g/mol. The van der Waals surface area contributed by atoms with Crippen molar-refractivity contribution in [1.29, 1.82) is 0 Å². The fourth-order valence-electron chi connectivity index (χ4n) is 2.33. The van der Waals surface area contributed by atoms with Crippen LogP contribution >= 0.6 is 0 Å². The molecule has 0 radical (unpaired) electrons. The number of benzene rings is 1. The first-order chi connectivity index (χ1) is 13.5. The number of methoxy groups -OCH3 is 1. The molecule has 1 aromatic carbocycles. The molecule has 8 heteroatoms. The van der Waals surface area contributed by atoms with Crippen molar-refractivity contribution < 1.29 is 18.8 Å². The number of carbonyl (C=O) groups excluding carboxylic acids is 1. The van der Waals surface area contributed by atoms with Crippen molar-refractivity contribution in [3.63, 3.8) is 0 Å². The number of amides is 1. The molecule has 0 saturated heterocycles. The lowest BCUT2D eigenvalue weighted by atomic mass is 10.2. The molecule has 0 saturated carbocycles. The zero-order chi connectivity index (χ0) is 19.9. The lowest BCUT2D eigenvalue weighted by molar-refractivity contribution is -0.116. The molecule has 8 nitrogen and oxygen atoms in total. The van der Waals surface area contributed by atoms with Gasteiger partial charge in [0.15, 0.2) is 5.82 Å². The molecule has 0 bridgehead atoms.